The van der Waals surface area contributed by atoms with Gasteiger partial charge in [0.1, 0.15) is 0 Å². The van der Waals surface area contributed by atoms with E-state index >= 15 is 0 Å². The van der Waals surface area contributed by atoms with E-state index in [1.54, 1.807) is 0 Å². The summed E-state index contributed by atoms with van der Waals surface area (Å²) in [5.41, 5.74) is 0.270. The Bertz CT molecular complexity index is 177. The summed E-state index contributed by atoms with van der Waals surface area (Å²) in [5.74, 6) is 0.805. The normalized spacial score (nSPS) is 18.5. The molecule has 0 aromatic rings. The van der Waals surface area contributed by atoms with Crippen molar-refractivity contribution in [1.29, 1.82) is 0 Å². The molecule has 2 heteroatoms. The molecule has 1 aliphatic rings. The molecule has 0 radical (unpaired) electrons. The van der Waals surface area contributed by atoms with Crippen molar-refractivity contribution in [2.75, 3.05) is 26.4 Å². The van der Waals surface area contributed by atoms with Crippen LogP contribution in [0.1, 0.15) is 59.3 Å². The Balaban J connectivity index is 2.64. The second kappa shape index (κ2) is 8.10. The third-order valence-electron chi connectivity index (χ3n) is 4.36. The summed E-state index contributed by atoms with van der Waals surface area (Å²) in [4.78, 5) is 0. The summed E-state index contributed by atoms with van der Waals surface area (Å²) in [6, 6.07) is 0. The fourth-order valence-corrected chi connectivity index (χ4v) is 3.10. The second-order valence-electron chi connectivity index (χ2n) is 5.33. The lowest BCUT2D eigenvalue weighted by atomic mass is 9.68. The van der Waals surface area contributed by atoms with E-state index in [0.29, 0.717) is 0 Å². The van der Waals surface area contributed by atoms with Crippen LogP contribution in [0.4, 0.5) is 0 Å². The topological polar surface area (TPSA) is 18.5 Å². The van der Waals surface area contributed by atoms with Crippen molar-refractivity contribution >= 4 is 0 Å². The largest absolute Gasteiger partial charge is 0.381 e. The van der Waals surface area contributed by atoms with Crippen LogP contribution in [0.3, 0.4) is 0 Å². The molecule has 0 amide bonds. The van der Waals surface area contributed by atoms with Crippen molar-refractivity contribution in [2.24, 2.45) is 11.3 Å². The highest BCUT2D eigenvalue weighted by Crippen LogP contribution is 2.41. The molecule has 1 fully saturated rings. The molecule has 0 aromatic heterocycles. The predicted molar refractivity (Wildman–Crippen MR) is 72.3 cm³/mol. The number of ether oxygens (including phenoxy) is 2. The highest BCUT2D eigenvalue weighted by atomic mass is 16.5. The highest BCUT2D eigenvalue weighted by molar-refractivity contribution is 4.87. The SMILES string of the molecule is CCOCC(CC)(COCC)C1CCCCC1. The van der Waals surface area contributed by atoms with E-state index in [4.69, 9.17) is 9.47 Å². The molecule has 0 N–H and O–H groups in total. The third-order valence-corrected chi connectivity index (χ3v) is 4.36. The molecule has 0 bridgehead atoms. The van der Waals surface area contributed by atoms with Gasteiger partial charge in [-0.25, -0.2) is 0 Å². The molecule has 0 heterocycles. The van der Waals surface area contributed by atoms with Gasteiger partial charge < -0.3 is 9.47 Å². The lowest BCUT2D eigenvalue weighted by molar-refractivity contribution is -0.0625. The number of hydrogen-bond donors (Lipinski definition) is 0. The van der Waals surface area contributed by atoms with Gasteiger partial charge in [0.2, 0.25) is 0 Å². The van der Waals surface area contributed by atoms with Crippen molar-refractivity contribution < 1.29 is 9.47 Å². The average Bonchev–Trinajstić information content (AvgIpc) is 2.41. The first-order chi connectivity index (χ1) is 8.29. The smallest absolute Gasteiger partial charge is 0.0546 e. The Labute approximate surface area is 107 Å². The molecule has 102 valence electrons. The minimum absolute atomic E-state index is 0.270. The van der Waals surface area contributed by atoms with Gasteiger partial charge in [-0.2, -0.15) is 0 Å². The molecule has 0 unspecified atom stereocenters. The van der Waals surface area contributed by atoms with Crippen LogP contribution >= 0.6 is 0 Å². The van der Waals surface area contributed by atoms with Gasteiger partial charge >= 0.3 is 0 Å². The van der Waals surface area contributed by atoms with Crippen LogP contribution in [-0.2, 0) is 9.47 Å². The Kier molecular flexibility index (Phi) is 7.14. The van der Waals surface area contributed by atoms with Crippen LogP contribution in [0.15, 0.2) is 0 Å². The van der Waals surface area contributed by atoms with Gasteiger partial charge in [0.05, 0.1) is 13.2 Å². The maximum Gasteiger partial charge on any atom is 0.0546 e. The Hall–Kier alpha value is -0.0800. The minimum atomic E-state index is 0.270. The zero-order valence-corrected chi connectivity index (χ0v) is 12.0. The van der Waals surface area contributed by atoms with Gasteiger partial charge in [-0.1, -0.05) is 26.2 Å². The Morgan fingerprint density at radius 1 is 0.882 bits per heavy atom. The summed E-state index contributed by atoms with van der Waals surface area (Å²) in [6.07, 6.45) is 8.12. The first-order valence-electron chi connectivity index (χ1n) is 7.44. The van der Waals surface area contributed by atoms with Crippen molar-refractivity contribution in [3.8, 4) is 0 Å². The fourth-order valence-electron chi connectivity index (χ4n) is 3.10. The average molecular weight is 242 g/mol. The van der Waals surface area contributed by atoms with Crippen LogP contribution < -0.4 is 0 Å². The monoisotopic (exact) mass is 242 g/mol. The molecule has 1 rings (SSSR count). The van der Waals surface area contributed by atoms with Gasteiger partial charge in [0, 0.05) is 18.6 Å². The van der Waals surface area contributed by atoms with E-state index in [9.17, 15) is 0 Å². The van der Waals surface area contributed by atoms with Crippen LogP contribution in [0, 0.1) is 11.3 Å². The summed E-state index contributed by atoms with van der Waals surface area (Å²) in [7, 11) is 0. The first-order valence-corrected chi connectivity index (χ1v) is 7.44. The predicted octanol–water partition coefficient (Wildman–Crippen LogP) is 4.04. The molecular formula is C15H30O2. The second-order valence-corrected chi connectivity index (χ2v) is 5.33. The molecule has 0 spiro atoms. The lowest BCUT2D eigenvalue weighted by Gasteiger charge is -2.41. The molecule has 0 saturated heterocycles. The van der Waals surface area contributed by atoms with Gasteiger partial charge in [-0.3, -0.25) is 0 Å². The zero-order valence-electron chi connectivity index (χ0n) is 12.0. The molecule has 0 aromatic carbocycles. The molecule has 0 aliphatic heterocycles. The molecule has 2 nitrogen and oxygen atoms in total. The van der Waals surface area contributed by atoms with Gasteiger partial charge in [-0.05, 0) is 39.0 Å². The Morgan fingerprint density at radius 3 is 1.82 bits per heavy atom. The van der Waals surface area contributed by atoms with E-state index in [-0.39, 0.29) is 5.41 Å². The summed E-state index contributed by atoms with van der Waals surface area (Å²) >= 11 is 0. The van der Waals surface area contributed by atoms with E-state index in [2.05, 4.69) is 20.8 Å². The standard InChI is InChI=1S/C15H30O2/c1-4-15(12-16-5-2,13-17-6-3)14-10-8-7-9-11-14/h14H,4-13H2,1-3H3. The number of hydrogen-bond acceptors (Lipinski definition) is 2. The molecule has 17 heavy (non-hydrogen) atoms. The van der Waals surface area contributed by atoms with Crippen molar-refractivity contribution in [1.82, 2.24) is 0 Å². The van der Waals surface area contributed by atoms with Gasteiger partial charge in [0.25, 0.3) is 0 Å². The Morgan fingerprint density at radius 2 is 1.41 bits per heavy atom. The molecule has 0 atom stereocenters. The van der Waals surface area contributed by atoms with E-state index in [1.165, 1.54) is 38.5 Å². The third kappa shape index (κ3) is 4.26. The quantitative estimate of drug-likeness (QED) is 0.639. The fraction of sp³-hybridized carbons (Fsp3) is 1.00. The summed E-state index contributed by atoms with van der Waals surface area (Å²) < 4.78 is 11.5. The molecule has 1 saturated carbocycles. The van der Waals surface area contributed by atoms with Crippen LogP contribution in [0.2, 0.25) is 0 Å². The van der Waals surface area contributed by atoms with Crippen LogP contribution in [-0.4, -0.2) is 26.4 Å². The van der Waals surface area contributed by atoms with Crippen molar-refractivity contribution in [3.63, 3.8) is 0 Å². The van der Waals surface area contributed by atoms with Gasteiger partial charge in [0.15, 0.2) is 0 Å². The van der Waals surface area contributed by atoms with E-state index in [1.807, 2.05) is 0 Å². The molecular weight excluding hydrogens is 212 g/mol. The zero-order chi connectivity index (χ0) is 12.6. The summed E-state index contributed by atoms with van der Waals surface area (Å²) in [5, 5.41) is 0. The highest BCUT2D eigenvalue weighted by Gasteiger charge is 2.38. The maximum atomic E-state index is 5.76. The van der Waals surface area contributed by atoms with E-state index < -0.39 is 0 Å². The van der Waals surface area contributed by atoms with Crippen molar-refractivity contribution in [2.45, 2.75) is 59.3 Å². The molecule has 1 aliphatic carbocycles. The van der Waals surface area contributed by atoms with Crippen LogP contribution in [0.5, 0.6) is 0 Å². The minimum Gasteiger partial charge on any atom is -0.381 e. The lowest BCUT2D eigenvalue weighted by Crippen LogP contribution is -2.40. The first kappa shape index (κ1) is 15.0. The van der Waals surface area contributed by atoms with E-state index in [0.717, 1.165) is 32.3 Å². The summed E-state index contributed by atoms with van der Waals surface area (Å²) in [6.45, 7) is 9.87. The van der Waals surface area contributed by atoms with Crippen LogP contribution in [0.25, 0.3) is 0 Å². The maximum absolute atomic E-state index is 5.76. The van der Waals surface area contributed by atoms with Crippen molar-refractivity contribution in [3.05, 3.63) is 0 Å². The van der Waals surface area contributed by atoms with Gasteiger partial charge in [-0.15, -0.1) is 0 Å². The number of rotatable bonds is 8.